The van der Waals surface area contributed by atoms with Crippen LogP contribution in [0.5, 0.6) is 11.5 Å². The molecule has 37 heavy (non-hydrogen) atoms. The summed E-state index contributed by atoms with van der Waals surface area (Å²) in [6.07, 6.45) is -2.74. The van der Waals surface area contributed by atoms with Crippen molar-refractivity contribution in [1.82, 2.24) is 9.55 Å². The van der Waals surface area contributed by atoms with E-state index in [0.717, 1.165) is 23.0 Å². The van der Waals surface area contributed by atoms with Gasteiger partial charge >= 0.3 is 57.7 Å². The summed E-state index contributed by atoms with van der Waals surface area (Å²) in [5, 5.41) is 10.5. The van der Waals surface area contributed by atoms with Crippen molar-refractivity contribution in [2.24, 2.45) is 0 Å². The molecule has 0 atom stereocenters. The number of imidazole rings is 1. The summed E-state index contributed by atoms with van der Waals surface area (Å²) in [5.41, 5.74) is 3.19. The summed E-state index contributed by atoms with van der Waals surface area (Å²) in [5.74, 6) is -0.0404. The molecule has 3 aromatic carbocycles. The Hall–Kier alpha value is -2.37. The van der Waals surface area contributed by atoms with Gasteiger partial charge in [-0.2, -0.15) is 0 Å². The molecule has 4 rings (SSSR count). The van der Waals surface area contributed by atoms with Crippen LogP contribution in [0.1, 0.15) is 31.2 Å². The summed E-state index contributed by atoms with van der Waals surface area (Å²) in [6.45, 7) is 0.875. The van der Waals surface area contributed by atoms with E-state index in [4.69, 9.17) is 9.72 Å². The Morgan fingerprint density at radius 3 is 2.35 bits per heavy atom. The molecule has 0 spiro atoms. The molecular weight excluding hydrogens is 512 g/mol. The maximum Gasteiger partial charge on any atom is 1.00 e. The van der Waals surface area contributed by atoms with Crippen molar-refractivity contribution >= 4 is 17.0 Å². The number of carbonyl (C=O) groups is 1. The first kappa shape index (κ1) is 29.2. The largest absolute Gasteiger partial charge is 1.00 e. The third-order valence-corrected chi connectivity index (χ3v) is 5.58. The topological polar surface area (TPSA) is 76.4 Å². The molecule has 0 N–H and O–H groups in total. The molecule has 0 saturated carbocycles. The molecule has 0 radical (unpaired) electrons. The number of carboxylic acids is 1. The molecule has 0 aliphatic rings. The summed E-state index contributed by atoms with van der Waals surface area (Å²) in [4.78, 5) is 15.3. The molecule has 0 aliphatic heterocycles. The molecule has 188 valence electrons. The zero-order valence-electron chi connectivity index (χ0n) is 20.3. The fourth-order valence-electron chi connectivity index (χ4n) is 3.94. The minimum Gasteiger partial charge on any atom is -0.550 e. The molecule has 1 aromatic heterocycles. The quantitative estimate of drug-likeness (QED) is 0.217. The van der Waals surface area contributed by atoms with Gasteiger partial charge in [0.25, 0.3) is 0 Å². The number of aliphatic carboxylic acids is 1. The fourth-order valence-corrected chi connectivity index (χ4v) is 3.94. The third-order valence-electron chi connectivity index (χ3n) is 5.58. The van der Waals surface area contributed by atoms with E-state index in [1.165, 1.54) is 12.1 Å². The first-order valence-corrected chi connectivity index (χ1v) is 11.5. The second-order valence-corrected chi connectivity index (χ2v) is 8.22. The van der Waals surface area contributed by atoms with Crippen molar-refractivity contribution in [3.05, 3.63) is 78.4 Å². The molecule has 4 aromatic rings. The van der Waals surface area contributed by atoms with Crippen LogP contribution < -0.4 is 66.0 Å². The van der Waals surface area contributed by atoms with Gasteiger partial charge in [0.2, 0.25) is 0 Å². The number of unbranched alkanes of at least 4 members (excludes halogenated alkanes) is 2. The van der Waals surface area contributed by atoms with E-state index in [1.807, 2.05) is 53.1 Å². The molecule has 0 bridgehead atoms. The van der Waals surface area contributed by atoms with E-state index in [1.54, 1.807) is 12.1 Å². The number of halogens is 3. The number of hydrogen-bond acceptors (Lipinski definition) is 5. The van der Waals surface area contributed by atoms with E-state index in [-0.39, 0.29) is 63.6 Å². The minimum atomic E-state index is -4.76. The van der Waals surface area contributed by atoms with Gasteiger partial charge in [0.1, 0.15) is 17.3 Å². The van der Waals surface area contributed by atoms with Crippen LogP contribution in [-0.4, -0.2) is 28.5 Å². The van der Waals surface area contributed by atoms with Crippen molar-refractivity contribution in [3.63, 3.8) is 0 Å². The Labute approximate surface area is 254 Å². The van der Waals surface area contributed by atoms with Gasteiger partial charge in [0.15, 0.2) is 0 Å². The van der Waals surface area contributed by atoms with E-state index in [9.17, 15) is 23.1 Å². The number of carboxylic acid groups (broad SMARTS) is 1. The van der Waals surface area contributed by atoms with Gasteiger partial charge in [-0.3, -0.25) is 0 Å². The van der Waals surface area contributed by atoms with Crippen LogP contribution in [0, 0.1) is 0 Å². The average Bonchev–Trinajstić information content (AvgIpc) is 3.20. The van der Waals surface area contributed by atoms with E-state index in [0.29, 0.717) is 43.1 Å². The van der Waals surface area contributed by atoms with Crippen LogP contribution >= 0.6 is 0 Å². The number of rotatable bonds is 11. The van der Waals surface area contributed by atoms with Crippen molar-refractivity contribution in [2.75, 3.05) is 6.61 Å². The number of nitrogens with zero attached hydrogens (tertiary/aromatic N) is 2. The van der Waals surface area contributed by atoms with Crippen LogP contribution in [0.4, 0.5) is 13.2 Å². The van der Waals surface area contributed by atoms with Gasteiger partial charge in [-0.15, -0.1) is 13.2 Å². The van der Waals surface area contributed by atoms with Gasteiger partial charge < -0.3 is 23.9 Å². The van der Waals surface area contributed by atoms with E-state index >= 15 is 0 Å². The Morgan fingerprint density at radius 1 is 0.919 bits per heavy atom. The maximum atomic E-state index is 12.6. The SMILES string of the molecule is O=C([O-])CCCCCOc1ccccc1Cn1c(-c2ccc(OC(F)(F)F)cc2)nc2ccccc21.[K+]. The molecule has 0 saturated heterocycles. The number of para-hydroxylation sites is 3. The smallest absolute Gasteiger partial charge is 0.550 e. The number of hydrogen-bond donors (Lipinski definition) is 0. The van der Waals surface area contributed by atoms with Gasteiger partial charge in [0.05, 0.1) is 24.2 Å². The Morgan fingerprint density at radius 2 is 1.62 bits per heavy atom. The predicted molar refractivity (Wildman–Crippen MR) is 126 cm³/mol. The number of ether oxygens (including phenoxy) is 2. The minimum absolute atomic E-state index is 0. The number of aromatic nitrogens is 2. The number of alkyl halides is 3. The Kier molecular flexibility index (Phi) is 10.6. The first-order valence-electron chi connectivity index (χ1n) is 11.5. The zero-order chi connectivity index (χ0) is 25.5. The number of carbonyl (C=O) groups excluding carboxylic acids is 1. The average molecular weight is 537 g/mol. The van der Waals surface area contributed by atoms with Crippen LogP contribution in [0.25, 0.3) is 22.4 Å². The van der Waals surface area contributed by atoms with Crippen molar-refractivity contribution in [2.45, 2.75) is 38.6 Å². The molecular formula is C27H24F3KN2O4. The summed E-state index contributed by atoms with van der Waals surface area (Å²) < 4.78 is 49.6. The van der Waals surface area contributed by atoms with Crippen LogP contribution in [0.3, 0.4) is 0 Å². The van der Waals surface area contributed by atoms with Crippen molar-refractivity contribution < 1.29 is 83.9 Å². The van der Waals surface area contributed by atoms with Gasteiger partial charge in [0, 0.05) is 17.1 Å². The first-order chi connectivity index (χ1) is 17.3. The zero-order valence-corrected chi connectivity index (χ0v) is 23.5. The maximum absolute atomic E-state index is 12.6. The number of fused-ring (bicyclic) bond motifs is 1. The monoisotopic (exact) mass is 536 g/mol. The van der Waals surface area contributed by atoms with Gasteiger partial charge in [-0.05, 0) is 68.1 Å². The Balaban J connectivity index is 0.00000380. The van der Waals surface area contributed by atoms with Crippen LogP contribution in [0.2, 0.25) is 0 Å². The molecule has 1 heterocycles. The normalized spacial score (nSPS) is 11.2. The van der Waals surface area contributed by atoms with Gasteiger partial charge in [-0.1, -0.05) is 30.3 Å². The molecule has 6 nitrogen and oxygen atoms in total. The Bertz CT molecular complexity index is 1320. The van der Waals surface area contributed by atoms with Crippen molar-refractivity contribution in [3.8, 4) is 22.9 Å². The predicted octanol–water partition coefficient (Wildman–Crippen LogP) is 2.34. The summed E-state index contributed by atoms with van der Waals surface area (Å²) in [7, 11) is 0. The molecule has 10 heteroatoms. The molecule has 0 amide bonds. The van der Waals surface area contributed by atoms with E-state index < -0.39 is 12.3 Å². The van der Waals surface area contributed by atoms with Crippen LogP contribution in [-0.2, 0) is 11.3 Å². The summed E-state index contributed by atoms with van der Waals surface area (Å²) >= 11 is 0. The van der Waals surface area contributed by atoms with Crippen molar-refractivity contribution in [1.29, 1.82) is 0 Å². The second-order valence-electron chi connectivity index (χ2n) is 8.22. The van der Waals surface area contributed by atoms with Gasteiger partial charge in [-0.25, -0.2) is 4.98 Å². The standard InChI is InChI=1S/C27H25F3N2O4.K/c28-27(29,30)36-21-15-13-19(14-16-21)26-31-22-9-4-5-10-23(22)32(26)18-20-8-3-6-11-24(20)35-17-7-1-2-12-25(33)34;/h3-6,8-11,13-16H,1-2,7,12,17-18H2,(H,33,34);/q;+1/p-1. The summed E-state index contributed by atoms with van der Waals surface area (Å²) in [6, 6.07) is 20.8. The molecule has 0 unspecified atom stereocenters. The van der Waals surface area contributed by atoms with E-state index in [2.05, 4.69) is 4.74 Å². The fraction of sp³-hybridized carbons (Fsp3) is 0.259. The number of benzene rings is 3. The van der Waals surface area contributed by atoms with Crippen LogP contribution in [0.15, 0.2) is 72.8 Å². The molecule has 0 fully saturated rings. The second kappa shape index (κ2) is 13.4. The third kappa shape index (κ3) is 8.31. The molecule has 0 aliphatic carbocycles.